The molecule has 11 nitrogen and oxygen atoms in total. The number of nitrogens with two attached hydrogens (primary N) is 2. The molecule has 4 atom stereocenters. The molecule has 0 rings (SSSR count). The molecule has 0 bridgehead atoms. The molecule has 0 saturated carbocycles. The number of hydrogen-bond acceptors (Lipinski definition) is 7. The Bertz CT molecular complexity index is 585. The van der Waals surface area contributed by atoms with Crippen molar-refractivity contribution >= 4 is 42.2 Å². The minimum atomic E-state index is -1.25. The smallest absolute Gasteiger partial charge is 0.327 e. The number of primary amides is 1. The Morgan fingerprint density at radius 1 is 0.963 bits per heavy atom. The normalized spacial score (nSPS) is 15.2. The van der Waals surface area contributed by atoms with Gasteiger partial charge in [0.1, 0.15) is 18.1 Å². The third kappa shape index (κ3) is 8.73. The van der Waals surface area contributed by atoms with E-state index in [0.717, 1.165) is 0 Å². The molecule has 4 amide bonds. The van der Waals surface area contributed by atoms with E-state index in [1.807, 2.05) is 0 Å². The highest BCUT2D eigenvalue weighted by atomic mass is 32.1. The lowest BCUT2D eigenvalue weighted by molar-refractivity contribution is -0.142. The molecule has 0 aromatic heterocycles. The number of carbonyl (C=O) groups excluding carboxylic acids is 4. The van der Waals surface area contributed by atoms with E-state index in [0.29, 0.717) is 0 Å². The van der Waals surface area contributed by atoms with Gasteiger partial charge in [0.2, 0.25) is 23.6 Å². The Morgan fingerprint density at radius 2 is 1.52 bits per heavy atom. The zero-order chi connectivity index (χ0) is 21.3. The summed E-state index contributed by atoms with van der Waals surface area (Å²) in [7, 11) is 0. The molecule has 4 unspecified atom stereocenters. The highest BCUT2D eigenvalue weighted by Gasteiger charge is 2.30. The summed E-state index contributed by atoms with van der Waals surface area (Å²) in [5, 5.41) is 16.0. The van der Waals surface area contributed by atoms with Gasteiger partial charge in [-0.2, -0.15) is 12.6 Å². The number of rotatable bonds is 11. The van der Waals surface area contributed by atoms with Crippen LogP contribution < -0.4 is 27.4 Å². The van der Waals surface area contributed by atoms with Crippen LogP contribution in [0.1, 0.15) is 27.2 Å². The molecular formula is C15H27N5O6S. The largest absolute Gasteiger partial charge is 0.480 e. The number of thiol groups is 1. The van der Waals surface area contributed by atoms with Crippen molar-refractivity contribution < 1.29 is 29.1 Å². The van der Waals surface area contributed by atoms with E-state index in [4.69, 9.17) is 16.6 Å². The van der Waals surface area contributed by atoms with Gasteiger partial charge < -0.3 is 32.5 Å². The summed E-state index contributed by atoms with van der Waals surface area (Å²) in [6.07, 6.45) is -0.377. The third-order valence-corrected chi connectivity index (χ3v) is 3.92. The maximum atomic E-state index is 12.3. The minimum Gasteiger partial charge on any atom is -0.480 e. The Hall–Kier alpha value is -2.34. The van der Waals surface area contributed by atoms with Crippen molar-refractivity contribution in [3.05, 3.63) is 0 Å². The van der Waals surface area contributed by atoms with Crippen molar-refractivity contribution in [3.63, 3.8) is 0 Å². The molecular weight excluding hydrogens is 378 g/mol. The van der Waals surface area contributed by atoms with Crippen molar-refractivity contribution in [2.75, 3.05) is 5.75 Å². The van der Waals surface area contributed by atoms with Crippen molar-refractivity contribution in [2.24, 2.45) is 17.4 Å². The fourth-order valence-electron chi connectivity index (χ4n) is 1.96. The van der Waals surface area contributed by atoms with Crippen LogP contribution in [0, 0.1) is 5.92 Å². The average Bonchev–Trinajstić information content (AvgIpc) is 2.55. The van der Waals surface area contributed by atoms with E-state index in [9.17, 15) is 24.0 Å². The maximum Gasteiger partial charge on any atom is 0.327 e. The first kappa shape index (κ1) is 24.7. The summed E-state index contributed by atoms with van der Waals surface area (Å²) in [6.45, 7) is 4.69. The summed E-state index contributed by atoms with van der Waals surface area (Å²) in [5.74, 6) is -4.61. The zero-order valence-corrected chi connectivity index (χ0v) is 16.3. The van der Waals surface area contributed by atoms with Gasteiger partial charge in [0.25, 0.3) is 0 Å². The average molecular weight is 405 g/mol. The first-order valence-corrected chi connectivity index (χ1v) is 8.82. The van der Waals surface area contributed by atoms with E-state index in [2.05, 4.69) is 28.6 Å². The van der Waals surface area contributed by atoms with Crippen LogP contribution in [0.4, 0.5) is 0 Å². The molecule has 0 spiro atoms. The van der Waals surface area contributed by atoms with Crippen LogP contribution in [-0.2, 0) is 24.0 Å². The summed E-state index contributed by atoms with van der Waals surface area (Å²) in [5.41, 5.74) is 10.4. The van der Waals surface area contributed by atoms with Gasteiger partial charge >= 0.3 is 5.97 Å². The maximum absolute atomic E-state index is 12.3. The molecule has 0 aliphatic carbocycles. The van der Waals surface area contributed by atoms with Crippen LogP contribution in [0.2, 0.25) is 0 Å². The second-order valence-corrected chi connectivity index (χ2v) is 6.68. The molecule has 0 aromatic carbocycles. The van der Waals surface area contributed by atoms with Crippen molar-refractivity contribution in [3.8, 4) is 0 Å². The van der Waals surface area contributed by atoms with E-state index < -0.39 is 53.8 Å². The standard InChI is InChI=1S/C15H27N5O6S/c1-6(2)11(14(24)19-9(5-27)15(25)26)20-12(22)7(3)18-13(23)8(16)4-10(17)21/h6-9,11,27H,4-5,16H2,1-3H3,(H2,17,21)(H,18,23)(H,19,24)(H,20,22)(H,25,26). The molecule has 0 aliphatic rings. The monoisotopic (exact) mass is 405 g/mol. The predicted molar refractivity (Wildman–Crippen MR) is 99.6 cm³/mol. The Balaban J connectivity index is 4.92. The second kappa shape index (κ2) is 11.4. The number of carboxylic acid groups (broad SMARTS) is 1. The van der Waals surface area contributed by atoms with Gasteiger partial charge in [-0.25, -0.2) is 4.79 Å². The molecule has 27 heavy (non-hydrogen) atoms. The van der Waals surface area contributed by atoms with Gasteiger partial charge in [0.15, 0.2) is 0 Å². The molecule has 12 heteroatoms. The lowest BCUT2D eigenvalue weighted by Gasteiger charge is -2.25. The van der Waals surface area contributed by atoms with Gasteiger partial charge in [0, 0.05) is 5.75 Å². The lowest BCUT2D eigenvalue weighted by Crippen LogP contribution is -2.58. The molecule has 154 valence electrons. The molecule has 0 aliphatic heterocycles. The second-order valence-electron chi connectivity index (χ2n) is 6.32. The van der Waals surface area contributed by atoms with E-state index >= 15 is 0 Å². The molecule has 0 fully saturated rings. The first-order valence-electron chi connectivity index (χ1n) is 8.19. The van der Waals surface area contributed by atoms with Crippen LogP contribution in [0.15, 0.2) is 0 Å². The van der Waals surface area contributed by atoms with Crippen molar-refractivity contribution in [1.29, 1.82) is 0 Å². The zero-order valence-electron chi connectivity index (χ0n) is 15.4. The van der Waals surface area contributed by atoms with E-state index in [1.165, 1.54) is 6.92 Å². The van der Waals surface area contributed by atoms with Crippen LogP contribution in [0.25, 0.3) is 0 Å². The number of nitrogens with one attached hydrogen (secondary N) is 3. The highest BCUT2D eigenvalue weighted by Crippen LogP contribution is 2.04. The van der Waals surface area contributed by atoms with Crippen molar-refractivity contribution in [1.82, 2.24) is 16.0 Å². The molecule has 8 N–H and O–H groups in total. The topological polar surface area (TPSA) is 194 Å². The summed E-state index contributed by atoms with van der Waals surface area (Å²) >= 11 is 3.86. The van der Waals surface area contributed by atoms with Crippen molar-refractivity contribution in [2.45, 2.75) is 51.4 Å². The molecule has 0 heterocycles. The summed E-state index contributed by atoms with van der Waals surface area (Å²) in [6, 6.07) is -4.49. The fraction of sp³-hybridized carbons (Fsp3) is 0.667. The van der Waals surface area contributed by atoms with Crippen LogP contribution >= 0.6 is 12.6 Å². The van der Waals surface area contributed by atoms with Crippen LogP contribution in [-0.4, -0.2) is 64.6 Å². The van der Waals surface area contributed by atoms with Gasteiger partial charge in [-0.3, -0.25) is 19.2 Å². The SMILES string of the molecule is CC(NC(=O)C(N)CC(N)=O)C(=O)NC(C(=O)NC(CS)C(=O)O)C(C)C. The Morgan fingerprint density at radius 3 is 1.93 bits per heavy atom. The number of carboxylic acids is 1. The highest BCUT2D eigenvalue weighted by molar-refractivity contribution is 7.80. The fourth-order valence-corrected chi connectivity index (χ4v) is 2.20. The minimum absolute atomic E-state index is 0.121. The first-order chi connectivity index (χ1) is 12.4. The Labute approximate surface area is 162 Å². The summed E-state index contributed by atoms with van der Waals surface area (Å²) < 4.78 is 0. The van der Waals surface area contributed by atoms with E-state index in [-0.39, 0.29) is 18.1 Å². The number of carbonyl (C=O) groups is 5. The van der Waals surface area contributed by atoms with Gasteiger partial charge in [-0.05, 0) is 12.8 Å². The van der Waals surface area contributed by atoms with Gasteiger partial charge in [-0.15, -0.1) is 0 Å². The van der Waals surface area contributed by atoms with Crippen LogP contribution in [0.5, 0.6) is 0 Å². The Kier molecular flexibility index (Phi) is 10.4. The van der Waals surface area contributed by atoms with Gasteiger partial charge in [-0.1, -0.05) is 13.8 Å². The quantitative estimate of drug-likeness (QED) is 0.182. The summed E-state index contributed by atoms with van der Waals surface area (Å²) in [4.78, 5) is 58.2. The third-order valence-electron chi connectivity index (χ3n) is 3.55. The van der Waals surface area contributed by atoms with Gasteiger partial charge in [0.05, 0.1) is 12.5 Å². The van der Waals surface area contributed by atoms with Crippen LogP contribution in [0.3, 0.4) is 0 Å². The number of aliphatic carboxylic acids is 1. The predicted octanol–water partition coefficient (Wildman–Crippen LogP) is -2.67. The lowest BCUT2D eigenvalue weighted by atomic mass is 10.0. The number of hydrogen-bond donors (Lipinski definition) is 7. The van der Waals surface area contributed by atoms with E-state index in [1.54, 1.807) is 13.8 Å². The molecule has 0 saturated heterocycles. The molecule has 0 aromatic rings. The molecule has 0 radical (unpaired) electrons. The number of amides is 4.